The minimum absolute atomic E-state index is 0. The molecule has 1 rings (SSSR count). The summed E-state index contributed by atoms with van der Waals surface area (Å²) >= 11 is 0. The zero-order valence-corrected chi connectivity index (χ0v) is 7.16. The molecule has 0 atom stereocenters. The molecule has 1 aliphatic heterocycles. The van der Waals surface area contributed by atoms with Gasteiger partial charge in [-0.1, -0.05) is 0 Å². The van der Waals surface area contributed by atoms with E-state index < -0.39 is 0 Å². The van der Waals surface area contributed by atoms with Crippen molar-refractivity contribution in [3.63, 3.8) is 0 Å². The molecule has 0 fully saturated rings. The predicted octanol–water partition coefficient (Wildman–Crippen LogP) is 1.38. The van der Waals surface area contributed by atoms with Gasteiger partial charge in [-0.05, 0) is 19.9 Å². The molecule has 0 aromatic rings. The van der Waals surface area contributed by atoms with Crippen LogP contribution < -0.4 is 5.32 Å². The van der Waals surface area contributed by atoms with Gasteiger partial charge in [0.2, 0.25) is 0 Å². The molecule has 0 unspecified atom stereocenters. The maximum atomic E-state index is 4.25. The van der Waals surface area contributed by atoms with E-state index >= 15 is 0 Å². The van der Waals surface area contributed by atoms with E-state index in [1.165, 1.54) is 5.70 Å². The van der Waals surface area contributed by atoms with E-state index in [1.54, 1.807) is 0 Å². The van der Waals surface area contributed by atoms with Crippen LogP contribution in [0.4, 0.5) is 0 Å². The molecule has 58 valence electrons. The van der Waals surface area contributed by atoms with Crippen LogP contribution in [0.25, 0.3) is 0 Å². The van der Waals surface area contributed by atoms with Gasteiger partial charge in [0.25, 0.3) is 0 Å². The Balaban J connectivity index is 0.000000810. The Hall–Kier alpha value is -0.500. The Morgan fingerprint density at radius 2 is 2.20 bits per heavy atom. The van der Waals surface area contributed by atoms with Crippen molar-refractivity contribution in [2.24, 2.45) is 4.99 Å². The highest BCUT2D eigenvalue weighted by atomic mass is 35.5. The molecule has 1 heterocycles. The molecule has 0 aliphatic carbocycles. The van der Waals surface area contributed by atoms with Gasteiger partial charge in [0.05, 0.1) is 6.54 Å². The quantitative estimate of drug-likeness (QED) is 0.569. The van der Waals surface area contributed by atoms with Crippen molar-refractivity contribution in [2.45, 2.75) is 13.8 Å². The van der Waals surface area contributed by atoms with E-state index in [1.807, 2.05) is 6.92 Å². The van der Waals surface area contributed by atoms with E-state index in [0.717, 1.165) is 18.8 Å². The van der Waals surface area contributed by atoms with E-state index in [-0.39, 0.29) is 12.4 Å². The zero-order valence-electron chi connectivity index (χ0n) is 6.35. The van der Waals surface area contributed by atoms with Crippen molar-refractivity contribution >= 4 is 18.1 Å². The Labute approximate surface area is 67.8 Å². The zero-order chi connectivity index (χ0) is 6.69. The summed E-state index contributed by atoms with van der Waals surface area (Å²) in [6, 6.07) is 0. The largest absolute Gasteiger partial charge is 0.387 e. The molecule has 10 heavy (non-hydrogen) atoms. The summed E-state index contributed by atoms with van der Waals surface area (Å²) in [7, 11) is 0. The topological polar surface area (TPSA) is 24.4 Å². The first-order valence-corrected chi connectivity index (χ1v) is 3.22. The summed E-state index contributed by atoms with van der Waals surface area (Å²) in [5.41, 5.74) is 2.34. The summed E-state index contributed by atoms with van der Waals surface area (Å²) < 4.78 is 0. The molecule has 0 aromatic heterocycles. The smallest absolute Gasteiger partial charge is 0.0565 e. The highest BCUT2D eigenvalue weighted by Crippen LogP contribution is 1.92. The molecule has 0 saturated carbocycles. The molecule has 0 radical (unpaired) electrons. The molecule has 0 spiro atoms. The summed E-state index contributed by atoms with van der Waals surface area (Å²) in [4.78, 5) is 4.25. The number of nitrogens with zero attached hydrogens (tertiary/aromatic N) is 1. The second kappa shape index (κ2) is 4.34. The Bertz CT molecular complexity index is 161. The third kappa shape index (κ3) is 2.87. The summed E-state index contributed by atoms with van der Waals surface area (Å²) in [6.45, 7) is 5.96. The van der Waals surface area contributed by atoms with Crippen LogP contribution in [0.15, 0.2) is 16.8 Å². The van der Waals surface area contributed by atoms with Crippen LogP contribution in [0.3, 0.4) is 0 Å². The second-order valence-corrected chi connectivity index (χ2v) is 2.28. The number of halogens is 1. The fourth-order valence-electron chi connectivity index (χ4n) is 0.895. The van der Waals surface area contributed by atoms with Gasteiger partial charge in [-0.2, -0.15) is 0 Å². The lowest BCUT2D eigenvalue weighted by atomic mass is 10.3. The molecular formula is C7H13ClN2. The maximum absolute atomic E-state index is 4.25. The third-order valence-corrected chi connectivity index (χ3v) is 1.30. The van der Waals surface area contributed by atoms with Gasteiger partial charge in [0.15, 0.2) is 0 Å². The van der Waals surface area contributed by atoms with Crippen molar-refractivity contribution in [1.29, 1.82) is 0 Å². The van der Waals surface area contributed by atoms with Gasteiger partial charge < -0.3 is 5.32 Å². The number of rotatable bonds is 0. The molecule has 0 aromatic carbocycles. The van der Waals surface area contributed by atoms with Crippen molar-refractivity contribution in [3.05, 3.63) is 11.8 Å². The fraction of sp³-hybridized carbons (Fsp3) is 0.571. The van der Waals surface area contributed by atoms with Crippen LogP contribution in [-0.4, -0.2) is 18.8 Å². The highest BCUT2D eigenvalue weighted by Gasteiger charge is 1.93. The minimum Gasteiger partial charge on any atom is -0.387 e. The first-order valence-electron chi connectivity index (χ1n) is 3.22. The van der Waals surface area contributed by atoms with Gasteiger partial charge >= 0.3 is 0 Å². The molecule has 1 N–H and O–H groups in total. The van der Waals surface area contributed by atoms with E-state index in [9.17, 15) is 0 Å². The van der Waals surface area contributed by atoms with E-state index in [2.05, 4.69) is 23.3 Å². The van der Waals surface area contributed by atoms with Crippen LogP contribution in [0.5, 0.6) is 0 Å². The highest BCUT2D eigenvalue weighted by molar-refractivity contribution is 5.93. The monoisotopic (exact) mass is 160 g/mol. The predicted molar refractivity (Wildman–Crippen MR) is 47.0 cm³/mol. The van der Waals surface area contributed by atoms with Crippen molar-refractivity contribution in [1.82, 2.24) is 5.32 Å². The standard InChI is InChI=1S/C7H12N2.ClH/c1-6-5-7(2)9-4-3-8-6;/h5,8H,3-4H2,1-2H3;1H. The van der Waals surface area contributed by atoms with Crippen molar-refractivity contribution < 1.29 is 0 Å². The fourth-order valence-corrected chi connectivity index (χ4v) is 0.895. The Morgan fingerprint density at radius 3 is 2.90 bits per heavy atom. The number of aliphatic imine (C=N–C) groups is 1. The van der Waals surface area contributed by atoms with Crippen LogP contribution in [-0.2, 0) is 0 Å². The van der Waals surface area contributed by atoms with E-state index in [0.29, 0.717) is 0 Å². The molecule has 3 heteroatoms. The van der Waals surface area contributed by atoms with Gasteiger partial charge in [-0.3, -0.25) is 4.99 Å². The van der Waals surface area contributed by atoms with Gasteiger partial charge in [-0.25, -0.2) is 0 Å². The average molecular weight is 161 g/mol. The molecule has 2 nitrogen and oxygen atoms in total. The lowest BCUT2D eigenvalue weighted by molar-refractivity contribution is 0.809. The van der Waals surface area contributed by atoms with Crippen molar-refractivity contribution in [3.8, 4) is 0 Å². The number of nitrogens with one attached hydrogen (secondary N) is 1. The summed E-state index contributed by atoms with van der Waals surface area (Å²) in [5.74, 6) is 0. The normalized spacial score (nSPS) is 17.4. The lowest BCUT2D eigenvalue weighted by Crippen LogP contribution is -2.13. The van der Waals surface area contributed by atoms with Gasteiger partial charge in [0.1, 0.15) is 0 Å². The van der Waals surface area contributed by atoms with Gasteiger partial charge in [-0.15, -0.1) is 12.4 Å². The Kier molecular flexibility index (Phi) is 4.12. The molecule has 0 saturated heterocycles. The van der Waals surface area contributed by atoms with Crippen LogP contribution in [0.1, 0.15) is 13.8 Å². The minimum atomic E-state index is 0. The van der Waals surface area contributed by atoms with Crippen LogP contribution in [0.2, 0.25) is 0 Å². The number of allylic oxidation sites excluding steroid dienone is 2. The molecule has 0 bridgehead atoms. The van der Waals surface area contributed by atoms with E-state index in [4.69, 9.17) is 0 Å². The number of hydrogen-bond acceptors (Lipinski definition) is 2. The van der Waals surface area contributed by atoms with Crippen LogP contribution >= 0.6 is 12.4 Å². The van der Waals surface area contributed by atoms with Gasteiger partial charge in [0, 0.05) is 18.0 Å². The Morgan fingerprint density at radius 1 is 1.50 bits per heavy atom. The second-order valence-electron chi connectivity index (χ2n) is 2.28. The molecule has 0 amide bonds. The molecular weight excluding hydrogens is 148 g/mol. The van der Waals surface area contributed by atoms with Crippen molar-refractivity contribution in [2.75, 3.05) is 13.1 Å². The average Bonchev–Trinajstić information content (AvgIpc) is 1.93. The molecule has 1 aliphatic rings. The third-order valence-electron chi connectivity index (χ3n) is 1.30. The maximum Gasteiger partial charge on any atom is 0.0565 e. The summed E-state index contributed by atoms with van der Waals surface area (Å²) in [5, 5.41) is 3.22. The summed E-state index contributed by atoms with van der Waals surface area (Å²) in [6.07, 6.45) is 2.06. The first kappa shape index (κ1) is 9.50. The number of hydrogen-bond donors (Lipinski definition) is 1. The SMILES string of the molecule is CC1=CC(C)=NCCN1.Cl. The first-order chi connectivity index (χ1) is 4.29. The lowest BCUT2D eigenvalue weighted by Gasteiger charge is -1.98. The van der Waals surface area contributed by atoms with Crippen LogP contribution in [0, 0.1) is 0 Å².